The number of aryl methyl sites for hydroxylation is 1. The van der Waals surface area contributed by atoms with E-state index in [2.05, 4.69) is 46.1 Å². The van der Waals surface area contributed by atoms with Crippen LogP contribution < -0.4 is 0 Å². The van der Waals surface area contributed by atoms with Crippen molar-refractivity contribution in [2.45, 2.75) is 32.1 Å². The SMILES string of the molecule is C=C(CCc1cscn1)c1c(CCN2CCCC2)sc2ccccc12. The molecule has 1 saturated heterocycles. The van der Waals surface area contributed by atoms with Crippen molar-refractivity contribution >= 4 is 38.3 Å². The lowest BCUT2D eigenvalue weighted by molar-refractivity contribution is 0.344. The van der Waals surface area contributed by atoms with Crippen LogP contribution in [0.3, 0.4) is 0 Å². The third-order valence-electron chi connectivity index (χ3n) is 5.04. The summed E-state index contributed by atoms with van der Waals surface area (Å²) in [7, 11) is 0. The summed E-state index contributed by atoms with van der Waals surface area (Å²) in [6.45, 7) is 8.17. The van der Waals surface area contributed by atoms with E-state index in [1.54, 1.807) is 11.3 Å². The van der Waals surface area contributed by atoms with Crippen molar-refractivity contribution in [2.24, 2.45) is 0 Å². The topological polar surface area (TPSA) is 16.1 Å². The number of hydrogen-bond donors (Lipinski definition) is 0. The van der Waals surface area contributed by atoms with Gasteiger partial charge in [0.15, 0.2) is 0 Å². The highest BCUT2D eigenvalue weighted by Gasteiger charge is 2.17. The normalized spacial score (nSPS) is 15.2. The van der Waals surface area contributed by atoms with Crippen molar-refractivity contribution in [1.82, 2.24) is 9.88 Å². The zero-order valence-electron chi connectivity index (χ0n) is 14.5. The fourth-order valence-electron chi connectivity index (χ4n) is 3.69. The zero-order chi connectivity index (χ0) is 17.1. The highest BCUT2D eigenvalue weighted by Crippen LogP contribution is 2.37. The van der Waals surface area contributed by atoms with Crippen molar-refractivity contribution < 1.29 is 0 Å². The summed E-state index contributed by atoms with van der Waals surface area (Å²) in [4.78, 5) is 8.53. The lowest BCUT2D eigenvalue weighted by Crippen LogP contribution is -2.21. The Labute approximate surface area is 157 Å². The van der Waals surface area contributed by atoms with Gasteiger partial charge in [-0.3, -0.25) is 0 Å². The molecule has 1 aliphatic rings. The summed E-state index contributed by atoms with van der Waals surface area (Å²) in [5, 5.41) is 3.53. The average Bonchev–Trinajstić information content (AvgIpc) is 3.38. The molecule has 0 unspecified atom stereocenters. The average molecular weight is 369 g/mol. The molecule has 130 valence electrons. The van der Waals surface area contributed by atoms with Gasteiger partial charge < -0.3 is 4.90 Å². The van der Waals surface area contributed by atoms with Crippen LogP contribution >= 0.6 is 22.7 Å². The van der Waals surface area contributed by atoms with Gasteiger partial charge in [0.1, 0.15) is 0 Å². The first-order valence-corrected chi connectivity index (χ1v) is 10.8. The number of rotatable bonds is 7. The van der Waals surface area contributed by atoms with Crippen LogP contribution in [0, 0.1) is 0 Å². The maximum atomic E-state index is 4.46. The van der Waals surface area contributed by atoms with E-state index in [1.807, 2.05) is 16.8 Å². The minimum Gasteiger partial charge on any atom is -0.303 e. The lowest BCUT2D eigenvalue weighted by atomic mass is 9.98. The molecule has 0 saturated carbocycles. The highest BCUT2D eigenvalue weighted by atomic mass is 32.1. The summed E-state index contributed by atoms with van der Waals surface area (Å²) in [6.07, 6.45) is 5.84. The Hall–Kier alpha value is -1.49. The van der Waals surface area contributed by atoms with E-state index in [4.69, 9.17) is 0 Å². The summed E-state index contributed by atoms with van der Waals surface area (Å²) in [5.41, 5.74) is 5.78. The molecule has 4 heteroatoms. The van der Waals surface area contributed by atoms with E-state index >= 15 is 0 Å². The van der Waals surface area contributed by atoms with Crippen LogP contribution in [-0.2, 0) is 12.8 Å². The van der Waals surface area contributed by atoms with Gasteiger partial charge in [0.2, 0.25) is 0 Å². The number of thiazole rings is 1. The molecule has 0 atom stereocenters. The second-order valence-electron chi connectivity index (χ2n) is 6.78. The van der Waals surface area contributed by atoms with Crippen molar-refractivity contribution in [3.8, 4) is 0 Å². The molecule has 1 aromatic carbocycles. The van der Waals surface area contributed by atoms with Gasteiger partial charge in [0.25, 0.3) is 0 Å². The molecule has 0 amide bonds. The minimum atomic E-state index is 0.984. The zero-order valence-corrected chi connectivity index (χ0v) is 16.2. The maximum absolute atomic E-state index is 4.46. The number of thiophene rings is 1. The molecule has 2 nitrogen and oxygen atoms in total. The summed E-state index contributed by atoms with van der Waals surface area (Å²) in [5.74, 6) is 0. The largest absolute Gasteiger partial charge is 0.303 e. The van der Waals surface area contributed by atoms with Gasteiger partial charge in [-0.1, -0.05) is 24.8 Å². The first-order chi connectivity index (χ1) is 12.3. The van der Waals surface area contributed by atoms with Crippen molar-refractivity contribution in [3.63, 3.8) is 0 Å². The molecule has 0 N–H and O–H groups in total. The number of fused-ring (bicyclic) bond motifs is 1. The number of allylic oxidation sites excluding steroid dienone is 1. The fraction of sp³-hybridized carbons (Fsp3) is 0.381. The van der Waals surface area contributed by atoms with E-state index in [1.165, 1.54) is 64.3 Å². The molecule has 1 fully saturated rings. The predicted molar refractivity (Wildman–Crippen MR) is 111 cm³/mol. The Balaban J connectivity index is 1.55. The van der Waals surface area contributed by atoms with Crippen molar-refractivity contribution in [3.05, 3.63) is 57.9 Å². The highest BCUT2D eigenvalue weighted by molar-refractivity contribution is 7.19. The quantitative estimate of drug-likeness (QED) is 0.536. The first kappa shape index (κ1) is 17.0. The number of aromatic nitrogens is 1. The molecule has 0 spiro atoms. The van der Waals surface area contributed by atoms with E-state index in [-0.39, 0.29) is 0 Å². The molecule has 3 aromatic rings. The van der Waals surface area contributed by atoms with E-state index < -0.39 is 0 Å². The number of benzene rings is 1. The van der Waals surface area contributed by atoms with E-state index in [0.717, 1.165) is 19.3 Å². The van der Waals surface area contributed by atoms with Gasteiger partial charge in [-0.25, -0.2) is 4.98 Å². The van der Waals surface area contributed by atoms with Gasteiger partial charge in [-0.15, -0.1) is 22.7 Å². The van der Waals surface area contributed by atoms with Crippen LogP contribution in [0.25, 0.3) is 15.7 Å². The summed E-state index contributed by atoms with van der Waals surface area (Å²) in [6, 6.07) is 8.80. The van der Waals surface area contributed by atoms with Gasteiger partial charge in [-0.05, 0) is 62.4 Å². The molecular weight excluding hydrogens is 344 g/mol. The fourth-order valence-corrected chi connectivity index (χ4v) is 5.53. The van der Waals surface area contributed by atoms with Gasteiger partial charge in [0, 0.05) is 26.9 Å². The number of hydrogen-bond acceptors (Lipinski definition) is 4. The summed E-state index contributed by atoms with van der Waals surface area (Å²) >= 11 is 3.63. The Kier molecular flexibility index (Phi) is 5.30. The molecule has 3 heterocycles. The smallest absolute Gasteiger partial charge is 0.0794 e. The van der Waals surface area contributed by atoms with E-state index in [9.17, 15) is 0 Å². The maximum Gasteiger partial charge on any atom is 0.0794 e. The molecule has 4 rings (SSSR count). The second kappa shape index (κ2) is 7.81. The van der Waals surface area contributed by atoms with Crippen LogP contribution in [-0.4, -0.2) is 29.5 Å². The van der Waals surface area contributed by atoms with Crippen molar-refractivity contribution in [2.75, 3.05) is 19.6 Å². The van der Waals surface area contributed by atoms with E-state index in [0.29, 0.717) is 0 Å². The first-order valence-electron chi connectivity index (χ1n) is 9.09. The van der Waals surface area contributed by atoms with Crippen LogP contribution in [0.15, 0.2) is 41.7 Å². The Morgan fingerprint density at radius 1 is 1.16 bits per heavy atom. The predicted octanol–water partition coefficient (Wildman–Crippen LogP) is 5.64. The van der Waals surface area contributed by atoms with Crippen LogP contribution in [0.1, 0.15) is 35.4 Å². The lowest BCUT2D eigenvalue weighted by Gasteiger charge is -2.15. The molecule has 0 bridgehead atoms. The van der Waals surface area contributed by atoms with Crippen LogP contribution in [0.4, 0.5) is 0 Å². The van der Waals surface area contributed by atoms with Gasteiger partial charge in [0.05, 0.1) is 11.2 Å². The summed E-state index contributed by atoms with van der Waals surface area (Å²) < 4.78 is 1.39. The molecule has 0 radical (unpaired) electrons. The molecule has 0 aliphatic carbocycles. The Bertz CT molecular complexity index is 842. The molecule has 2 aromatic heterocycles. The Morgan fingerprint density at radius 3 is 2.80 bits per heavy atom. The van der Waals surface area contributed by atoms with Gasteiger partial charge >= 0.3 is 0 Å². The number of nitrogens with zero attached hydrogens (tertiary/aromatic N) is 2. The minimum absolute atomic E-state index is 0.984. The van der Waals surface area contributed by atoms with Crippen LogP contribution in [0.5, 0.6) is 0 Å². The Morgan fingerprint density at radius 2 is 2.00 bits per heavy atom. The third kappa shape index (κ3) is 3.86. The molecule has 25 heavy (non-hydrogen) atoms. The molecular formula is C21H24N2S2. The van der Waals surface area contributed by atoms with Crippen LogP contribution in [0.2, 0.25) is 0 Å². The monoisotopic (exact) mass is 368 g/mol. The third-order valence-corrected chi connectivity index (χ3v) is 6.91. The number of likely N-dealkylation sites (tertiary alicyclic amines) is 1. The van der Waals surface area contributed by atoms with Crippen molar-refractivity contribution in [1.29, 1.82) is 0 Å². The van der Waals surface area contributed by atoms with Gasteiger partial charge in [-0.2, -0.15) is 0 Å². The standard InChI is InChI=1S/C21H24N2S2/c1-16(8-9-17-14-24-15-22-17)21-18-6-2-3-7-19(18)25-20(21)10-13-23-11-4-5-12-23/h2-3,6-7,14-15H,1,4-5,8-13H2. The second-order valence-corrected chi connectivity index (χ2v) is 8.63. The molecule has 1 aliphatic heterocycles.